The van der Waals surface area contributed by atoms with Crippen LogP contribution in [0, 0.1) is 0 Å². The Morgan fingerprint density at radius 1 is 0.750 bits per heavy atom. The molecule has 0 aromatic carbocycles. The van der Waals surface area contributed by atoms with Crippen LogP contribution in [0.3, 0.4) is 0 Å². The summed E-state index contributed by atoms with van der Waals surface area (Å²) >= 11 is 0. The number of aliphatic hydroxyl groups excluding tert-OH is 1. The van der Waals surface area contributed by atoms with E-state index in [1.54, 1.807) is 42.7 Å². The Labute approximate surface area is 157 Å². The first-order valence-corrected chi connectivity index (χ1v) is 13.9. The summed E-state index contributed by atoms with van der Waals surface area (Å²) in [5.74, 6) is 0. The molecule has 0 spiro atoms. The van der Waals surface area contributed by atoms with E-state index in [2.05, 4.69) is 0 Å². The first-order chi connectivity index (χ1) is 9.61. The highest BCUT2D eigenvalue weighted by molar-refractivity contribution is 6.70. The highest BCUT2D eigenvalue weighted by Crippen LogP contribution is 2.02. The molecule has 24 heavy (non-hydrogen) atoms. The SMILES string of the molecule is C.C.C.CO[SiH](C)OC.CO[Si](C)(C)CO.CO[Si](C)(OC)OC.[HH]. The molecule has 0 atom stereocenters. The van der Waals surface area contributed by atoms with Crippen molar-refractivity contribution in [1.82, 2.24) is 0 Å². The standard InChI is InChI=1S/C4H12O3Si.C4H12O2Si.C3H10O2Si.3CH4.H2/c1-5-8(4,6-2)7-3;1-6-7(2,3)4-5;1-4-6(3)5-2;;;;/h1-4H3;5H,4H2,1-3H3;6H,1-3H3;3*1H4;1H. The van der Waals surface area contributed by atoms with E-state index in [4.69, 9.17) is 31.7 Å². The Morgan fingerprint density at radius 3 is 1.04 bits per heavy atom. The molecule has 0 aliphatic carbocycles. The predicted molar refractivity (Wildman–Crippen MR) is 114 cm³/mol. The van der Waals surface area contributed by atoms with E-state index in [-0.39, 0.29) is 29.9 Å². The summed E-state index contributed by atoms with van der Waals surface area (Å²) in [5, 5.41) is 8.53. The summed E-state index contributed by atoms with van der Waals surface area (Å²) in [6.07, 6.45) is 0.212. The lowest BCUT2D eigenvalue weighted by Crippen LogP contribution is -2.38. The fourth-order valence-electron chi connectivity index (χ4n) is 0.411. The van der Waals surface area contributed by atoms with Gasteiger partial charge in [-0.2, -0.15) is 0 Å². The van der Waals surface area contributed by atoms with Crippen molar-refractivity contribution in [1.29, 1.82) is 0 Å². The maximum absolute atomic E-state index is 8.53. The van der Waals surface area contributed by atoms with E-state index in [0.717, 1.165) is 0 Å². The molecule has 0 radical (unpaired) electrons. The van der Waals surface area contributed by atoms with Crippen LogP contribution in [0.2, 0.25) is 26.2 Å². The fourth-order valence-corrected chi connectivity index (χ4v) is 1.23. The second kappa shape index (κ2) is 23.4. The second-order valence-electron chi connectivity index (χ2n) is 4.64. The third-order valence-electron chi connectivity index (χ3n) is 2.71. The van der Waals surface area contributed by atoms with Crippen LogP contribution in [0.25, 0.3) is 0 Å². The zero-order chi connectivity index (χ0) is 17.5. The number of hydrogen-bond acceptors (Lipinski definition) is 7. The minimum absolute atomic E-state index is 0. The highest BCUT2D eigenvalue weighted by atomic mass is 28.4. The lowest BCUT2D eigenvalue weighted by molar-refractivity contribution is 0.132. The van der Waals surface area contributed by atoms with Crippen LogP contribution in [-0.2, 0) is 26.6 Å². The summed E-state index contributed by atoms with van der Waals surface area (Å²) in [7, 11) is 4.80. The van der Waals surface area contributed by atoms with Crippen LogP contribution in [0.1, 0.15) is 23.7 Å². The van der Waals surface area contributed by atoms with Crippen LogP contribution >= 0.6 is 0 Å². The third kappa shape index (κ3) is 27.2. The summed E-state index contributed by atoms with van der Waals surface area (Å²) < 4.78 is 29.4. The molecule has 1 N–H and O–H groups in total. The molecule has 0 saturated carbocycles. The summed E-state index contributed by atoms with van der Waals surface area (Å²) in [4.78, 5) is 0. The molecular formula is C14H48O7Si3. The predicted octanol–water partition coefficient (Wildman–Crippen LogP) is 3.15. The van der Waals surface area contributed by atoms with Crippen molar-refractivity contribution in [2.24, 2.45) is 0 Å². The molecule has 0 unspecified atom stereocenters. The molecule has 10 heteroatoms. The van der Waals surface area contributed by atoms with E-state index in [1.807, 2.05) is 26.2 Å². The Kier molecular flexibility index (Phi) is 38.4. The van der Waals surface area contributed by atoms with Crippen LogP contribution < -0.4 is 0 Å². The van der Waals surface area contributed by atoms with Crippen molar-refractivity contribution in [2.75, 3.05) is 48.9 Å². The molecule has 0 aliphatic rings. The fraction of sp³-hybridized carbons (Fsp3) is 1.00. The average molecular weight is 413 g/mol. The lowest BCUT2D eigenvalue weighted by Gasteiger charge is -2.18. The minimum Gasteiger partial charge on any atom is -0.418 e. The van der Waals surface area contributed by atoms with Gasteiger partial charge >= 0.3 is 18.1 Å². The van der Waals surface area contributed by atoms with Gasteiger partial charge in [-0.3, -0.25) is 0 Å². The Hall–Kier alpha value is 0.371. The van der Waals surface area contributed by atoms with Gasteiger partial charge in [0.15, 0.2) is 0 Å². The lowest BCUT2D eigenvalue weighted by atomic mass is 11.7. The number of aliphatic hydroxyl groups is 1. The van der Waals surface area contributed by atoms with E-state index in [9.17, 15) is 0 Å². The van der Waals surface area contributed by atoms with Gasteiger partial charge in [-0.1, -0.05) is 22.3 Å². The van der Waals surface area contributed by atoms with Crippen molar-refractivity contribution < 1.29 is 33.1 Å². The normalized spacial score (nSPS) is 10.0. The minimum atomic E-state index is -2.17. The van der Waals surface area contributed by atoms with Gasteiger partial charge in [0.05, 0.1) is 6.23 Å². The molecule has 0 saturated heterocycles. The van der Waals surface area contributed by atoms with E-state index < -0.39 is 26.4 Å². The average Bonchev–Trinajstić information content (AvgIpc) is 2.54. The van der Waals surface area contributed by atoms with E-state index in [1.165, 1.54) is 0 Å². The molecule has 7 nitrogen and oxygen atoms in total. The molecule has 0 aromatic heterocycles. The first kappa shape index (κ1) is 39.4. The van der Waals surface area contributed by atoms with Gasteiger partial charge in [-0.05, 0) is 19.6 Å². The molecule has 0 bridgehead atoms. The zero-order valence-electron chi connectivity index (χ0n) is 15.2. The van der Waals surface area contributed by atoms with Crippen molar-refractivity contribution in [3.05, 3.63) is 0 Å². The Bertz CT molecular complexity index is 206. The molecule has 0 aliphatic heterocycles. The summed E-state index contributed by atoms with van der Waals surface area (Å²) in [6.45, 7) is 7.73. The summed E-state index contributed by atoms with van der Waals surface area (Å²) in [5.41, 5.74) is 0. The van der Waals surface area contributed by atoms with Crippen molar-refractivity contribution >= 4 is 26.4 Å². The molecule has 0 amide bonds. The zero-order valence-corrected chi connectivity index (χ0v) is 18.3. The van der Waals surface area contributed by atoms with Crippen molar-refractivity contribution in [3.63, 3.8) is 0 Å². The van der Waals surface area contributed by atoms with Gasteiger partial charge in [0.25, 0.3) is 0 Å². The Morgan fingerprint density at radius 2 is 1.04 bits per heavy atom. The Balaban J connectivity index is -0.0000000363. The molecule has 0 aromatic rings. The molecule has 0 heterocycles. The third-order valence-corrected chi connectivity index (χ3v) is 8.13. The van der Waals surface area contributed by atoms with Crippen molar-refractivity contribution in [3.8, 4) is 0 Å². The molecule has 0 fully saturated rings. The smallest absolute Gasteiger partial charge is 0.418 e. The van der Waals surface area contributed by atoms with Gasteiger partial charge in [-0.15, -0.1) is 0 Å². The largest absolute Gasteiger partial charge is 0.496 e. The topological polar surface area (TPSA) is 75.6 Å². The van der Waals surface area contributed by atoms with Crippen LogP contribution in [0.15, 0.2) is 0 Å². The maximum Gasteiger partial charge on any atom is 0.496 e. The maximum atomic E-state index is 8.53. The van der Waals surface area contributed by atoms with Gasteiger partial charge in [0, 0.05) is 50.6 Å². The number of hydrogen-bond donors (Lipinski definition) is 1. The van der Waals surface area contributed by atoms with Crippen molar-refractivity contribution in [2.45, 2.75) is 48.5 Å². The first-order valence-electron chi connectivity index (χ1n) is 6.48. The van der Waals surface area contributed by atoms with Gasteiger partial charge < -0.3 is 31.7 Å². The quantitative estimate of drug-likeness (QED) is 0.644. The van der Waals surface area contributed by atoms with Crippen LogP contribution in [-0.4, -0.2) is 80.4 Å². The molecular weight excluding hydrogens is 364 g/mol. The molecule has 0 rings (SSSR count). The highest BCUT2D eigenvalue weighted by Gasteiger charge is 2.29. The van der Waals surface area contributed by atoms with Gasteiger partial charge in [0.2, 0.25) is 8.32 Å². The number of rotatable bonds is 7. The van der Waals surface area contributed by atoms with E-state index in [0.29, 0.717) is 0 Å². The van der Waals surface area contributed by atoms with Gasteiger partial charge in [-0.25, -0.2) is 0 Å². The van der Waals surface area contributed by atoms with E-state index >= 15 is 0 Å². The van der Waals surface area contributed by atoms with Crippen LogP contribution in [0.5, 0.6) is 0 Å². The summed E-state index contributed by atoms with van der Waals surface area (Å²) in [6, 6.07) is 0. The second-order valence-corrected chi connectivity index (χ2v) is 13.9. The van der Waals surface area contributed by atoms with Gasteiger partial charge in [0.1, 0.15) is 0 Å². The van der Waals surface area contributed by atoms with Crippen LogP contribution in [0.4, 0.5) is 0 Å². The molecule has 158 valence electrons. The monoisotopic (exact) mass is 412 g/mol.